The Balaban J connectivity index is 1.53. The van der Waals surface area contributed by atoms with E-state index >= 15 is 0 Å². The summed E-state index contributed by atoms with van der Waals surface area (Å²) in [6.07, 6.45) is 3.35. The molecule has 1 aliphatic rings. The van der Waals surface area contributed by atoms with Crippen molar-refractivity contribution in [1.29, 1.82) is 0 Å². The van der Waals surface area contributed by atoms with Crippen LogP contribution in [0.15, 0.2) is 48.5 Å². The first-order valence-electron chi connectivity index (χ1n) is 7.84. The van der Waals surface area contributed by atoms with Gasteiger partial charge < -0.3 is 10.4 Å². The first kappa shape index (κ1) is 14.2. The number of rotatable bonds is 5. The van der Waals surface area contributed by atoms with Crippen molar-refractivity contribution < 1.29 is 5.11 Å². The number of aromatic hydroxyl groups is 1. The van der Waals surface area contributed by atoms with E-state index in [4.69, 9.17) is 0 Å². The van der Waals surface area contributed by atoms with Crippen LogP contribution in [0, 0.1) is 0 Å². The highest BCUT2D eigenvalue weighted by molar-refractivity contribution is 5.40. The Morgan fingerprint density at radius 1 is 1.19 bits per heavy atom. The smallest absolute Gasteiger partial charge is 0.115 e. The van der Waals surface area contributed by atoms with Crippen LogP contribution >= 0.6 is 0 Å². The van der Waals surface area contributed by atoms with Gasteiger partial charge in [-0.3, -0.25) is 0 Å². The van der Waals surface area contributed by atoms with E-state index < -0.39 is 0 Å². The van der Waals surface area contributed by atoms with E-state index in [-0.39, 0.29) is 0 Å². The van der Waals surface area contributed by atoms with Crippen LogP contribution in [0.3, 0.4) is 0 Å². The Kier molecular flexibility index (Phi) is 4.26. The van der Waals surface area contributed by atoms with Crippen LogP contribution in [0.4, 0.5) is 0 Å². The number of aryl methyl sites for hydroxylation is 1. The third-order valence-electron chi connectivity index (χ3n) is 4.54. The van der Waals surface area contributed by atoms with Gasteiger partial charge in [0.05, 0.1) is 0 Å². The van der Waals surface area contributed by atoms with Crippen LogP contribution in [0.25, 0.3) is 0 Å². The summed E-state index contributed by atoms with van der Waals surface area (Å²) < 4.78 is 0. The first-order valence-corrected chi connectivity index (χ1v) is 7.84. The number of hydrogen-bond donors (Lipinski definition) is 2. The van der Waals surface area contributed by atoms with Crippen molar-refractivity contribution in [2.45, 2.75) is 38.1 Å². The lowest BCUT2D eigenvalue weighted by atomic mass is 9.97. The fraction of sp³-hybridized carbons (Fsp3) is 0.368. The minimum Gasteiger partial charge on any atom is -0.508 e. The summed E-state index contributed by atoms with van der Waals surface area (Å²) in [6.45, 7) is 3.32. The van der Waals surface area contributed by atoms with E-state index in [2.05, 4.69) is 48.6 Å². The van der Waals surface area contributed by atoms with Gasteiger partial charge in [-0.25, -0.2) is 0 Å². The zero-order chi connectivity index (χ0) is 14.7. The molecule has 0 heterocycles. The van der Waals surface area contributed by atoms with E-state index in [0.717, 1.165) is 25.8 Å². The number of phenolic OH excluding ortho intramolecular Hbond substituents is 1. The van der Waals surface area contributed by atoms with Gasteiger partial charge in [-0.1, -0.05) is 43.3 Å². The minimum absolute atomic E-state index is 0.382. The van der Waals surface area contributed by atoms with Crippen molar-refractivity contribution in [1.82, 2.24) is 5.32 Å². The van der Waals surface area contributed by atoms with E-state index in [9.17, 15) is 5.11 Å². The Hall–Kier alpha value is -1.80. The second kappa shape index (κ2) is 6.31. The molecule has 0 aromatic heterocycles. The van der Waals surface area contributed by atoms with Crippen LogP contribution in [-0.4, -0.2) is 11.7 Å². The zero-order valence-corrected chi connectivity index (χ0v) is 12.5. The minimum atomic E-state index is 0.382. The fourth-order valence-electron chi connectivity index (χ4n) is 3.24. The zero-order valence-electron chi connectivity index (χ0n) is 12.5. The standard InChI is InChI=1S/C19H23NO/c1-14(15-5-3-2-4-6-15)11-12-20-19-10-7-16-13-17(21)8-9-18(16)19/h2-6,8-9,13-14,19-21H,7,10-12H2,1H3. The highest BCUT2D eigenvalue weighted by Crippen LogP contribution is 2.33. The highest BCUT2D eigenvalue weighted by Gasteiger charge is 2.22. The number of phenols is 1. The molecule has 1 aliphatic carbocycles. The molecule has 0 radical (unpaired) electrons. The largest absolute Gasteiger partial charge is 0.508 e. The summed E-state index contributed by atoms with van der Waals surface area (Å²) in [5, 5.41) is 13.2. The molecular weight excluding hydrogens is 258 g/mol. The van der Waals surface area contributed by atoms with Gasteiger partial charge >= 0.3 is 0 Å². The van der Waals surface area contributed by atoms with Crippen LogP contribution in [0.5, 0.6) is 5.75 Å². The van der Waals surface area contributed by atoms with E-state index in [1.807, 2.05) is 6.07 Å². The predicted molar refractivity (Wildman–Crippen MR) is 86.6 cm³/mol. The van der Waals surface area contributed by atoms with Crippen molar-refractivity contribution in [3.63, 3.8) is 0 Å². The highest BCUT2D eigenvalue weighted by atomic mass is 16.3. The topological polar surface area (TPSA) is 32.3 Å². The van der Waals surface area contributed by atoms with Crippen molar-refractivity contribution >= 4 is 0 Å². The molecule has 0 fully saturated rings. The van der Waals surface area contributed by atoms with Crippen LogP contribution in [0.1, 0.15) is 48.4 Å². The molecule has 0 spiro atoms. The molecule has 0 bridgehead atoms. The Bertz CT molecular complexity index is 594. The van der Waals surface area contributed by atoms with Gasteiger partial charge in [-0.2, -0.15) is 0 Å². The molecule has 3 rings (SSSR count). The van der Waals surface area contributed by atoms with Gasteiger partial charge in [0, 0.05) is 6.04 Å². The molecule has 2 aromatic rings. The molecule has 2 unspecified atom stereocenters. The maximum absolute atomic E-state index is 9.54. The summed E-state index contributed by atoms with van der Waals surface area (Å²) in [4.78, 5) is 0. The lowest BCUT2D eigenvalue weighted by Crippen LogP contribution is -2.21. The van der Waals surface area contributed by atoms with Gasteiger partial charge in [0.15, 0.2) is 0 Å². The van der Waals surface area contributed by atoms with Gasteiger partial charge in [-0.05, 0) is 60.5 Å². The van der Waals surface area contributed by atoms with Crippen molar-refractivity contribution in [2.24, 2.45) is 0 Å². The molecule has 2 nitrogen and oxygen atoms in total. The lowest BCUT2D eigenvalue weighted by Gasteiger charge is -2.17. The molecule has 2 aromatic carbocycles. The number of hydrogen-bond acceptors (Lipinski definition) is 2. The van der Waals surface area contributed by atoms with Crippen LogP contribution in [0.2, 0.25) is 0 Å². The van der Waals surface area contributed by atoms with Crippen molar-refractivity contribution in [3.05, 3.63) is 65.2 Å². The summed E-state index contributed by atoms with van der Waals surface area (Å²) in [6, 6.07) is 16.9. The third kappa shape index (κ3) is 3.27. The van der Waals surface area contributed by atoms with Crippen molar-refractivity contribution in [2.75, 3.05) is 6.54 Å². The average Bonchev–Trinajstić information content (AvgIpc) is 2.90. The van der Waals surface area contributed by atoms with Gasteiger partial charge in [0.1, 0.15) is 5.75 Å². The molecule has 2 heteroatoms. The summed E-state index contributed by atoms with van der Waals surface area (Å²) >= 11 is 0. The predicted octanol–water partition coefficient (Wildman–Crippen LogP) is 4.16. The van der Waals surface area contributed by atoms with Gasteiger partial charge in [-0.15, -0.1) is 0 Å². The van der Waals surface area contributed by atoms with E-state index in [1.54, 1.807) is 6.07 Å². The number of benzene rings is 2. The van der Waals surface area contributed by atoms with E-state index in [1.165, 1.54) is 16.7 Å². The summed E-state index contributed by atoms with van der Waals surface area (Å²) in [7, 11) is 0. The number of fused-ring (bicyclic) bond motifs is 1. The fourth-order valence-corrected chi connectivity index (χ4v) is 3.24. The molecule has 2 atom stereocenters. The van der Waals surface area contributed by atoms with Gasteiger partial charge in [0.25, 0.3) is 0 Å². The maximum atomic E-state index is 9.54. The maximum Gasteiger partial charge on any atom is 0.115 e. The Labute approximate surface area is 126 Å². The van der Waals surface area contributed by atoms with E-state index in [0.29, 0.717) is 17.7 Å². The average molecular weight is 281 g/mol. The quantitative estimate of drug-likeness (QED) is 0.862. The normalized spacial score (nSPS) is 18.4. The Morgan fingerprint density at radius 2 is 2.00 bits per heavy atom. The molecule has 21 heavy (non-hydrogen) atoms. The molecule has 0 saturated carbocycles. The molecule has 110 valence electrons. The lowest BCUT2D eigenvalue weighted by molar-refractivity contribution is 0.474. The molecule has 2 N–H and O–H groups in total. The van der Waals surface area contributed by atoms with Crippen LogP contribution < -0.4 is 5.32 Å². The van der Waals surface area contributed by atoms with Crippen molar-refractivity contribution in [3.8, 4) is 5.75 Å². The summed E-state index contributed by atoms with van der Waals surface area (Å²) in [5.74, 6) is 0.964. The SMILES string of the molecule is CC(CCNC1CCc2cc(O)ccc21)c1ccccc1. The monoisotopic (exact) mass is 281 g/mol. The third-order valence-corrected chi connectivity index (χ3v) is 4.54. The molecular formula is C19H23NO. The van der Waals surface area contributed by atoms with Gasteiger partial charge in [0.2, 0.25) is 0 Å². The second-order valence-corrected chi connectivity index (χ2v) is 6.03. The molecule has 0 amide bonds. The summed E-state index contributed by atoms with van der Waals surface area (Å²) in [5.41, 5.74) is 4.07. The first-order chi connectivity index (χ1) is 10.2. The molecule has 0 aliphatic heterocycles. The number of nitrogens with one attached hydrogen (secondary N) is 1. The molecule has 0 saturated heterocycles. The van der Waals surface area contributed by atoms with Crippen LogP contribution in [-0.2, 0) is 6.42 Å². The Morgan fingerprint density at radius 3 is 2.81 bits per heavy atom. The second-order valence-electron chi connectivity index (χ2n) is 6.03.